The van der Waals surface area contributed by atoms with Crippen LogP contribution in [0.25, 0.3) is 6.08 Å². The van der Waals surface area contributed by atoms with E-state index in [1.165, 1.54) is 12.3 Å². The van der Waals surface area contributed by atoms with Gasteiger partial charge in [0, 0.05) is 24.9 Å². The molecule has 0 spiro atoms. The maximum absolute atomic E-state index is 12.6. The smallest absolute Gasteiger partial charge is 0.267 e. The molecule has 1 atom stereocenters. The van der Waals surface area contributed by atoms with Crippen molar-refractivity contribution >= 4 is 17.9 Å². The average molecular weight is 395 g/mol. The minimum Gasteiger partial charge on any atom is -0.488 e. The van der Waals surface area contributed by atoms with E-state index >= 15 is 0 Å². The Labute approximate surface area is 167 Å². The number of benzene rings is 1. The summed E-state index contributed by atoms with van der Waals surface area (Å²) in [6.45, 7) is 1.36. The molecule has 0 saturated carbocycles. The summed E-state index contributed by atoms with van der Waals surface area (Å²) in [5, 5.41) is 0. The number of carbonyl (C=O) groups is 2. The highest BCUT2D eigenvalue weighted by Crippen LogP contribution is 2.32. The Morgan fingerprint density at radius 1 is 1.21 bits per heavy atom. The number of ether oxygens (including phenoxy) is 3. The van der Waals surface area contributed by atoms with Crippen molar-refractivity contribution in [2.75, 3.05) is 19.9 Å². The van der Waals surface area contributed by atoms with Crippen molar-refractivity contribution in [3.63, 3.8) is 0 Å². The fourth-order valence-electron chi connectivity index (χ4n) is 3.34. The summed E-state index contributed by atoms with van der Waals surface area (Å²) in [4.78, 5) is 29.5. The van der Waals surface area contributed by atoms with Gasteiger partial charge in [0.15, 0.2) is 11.5 Å². The van der Waals surface area contributed by atoms with E-state index in [1.54, 1.807) is 23.1 Å². The highest BCUT2D eigenvalue weighted by Gasteiger charge is 2.24. The molecule has 29 heavy (non-hydrogen) atoms. The molecule has 0 radical (unpaired) electrons. The van der Waals surface area contributed by atoms with Crippen molar-refractivity contribution in [1.82, 2.24) is 9.88 Å². The van der Waals surface area contributed by atoms with Crippen molar-refractivity contribution < 1.29 is 23.8 Å². The zero-order chi connectivity index (χ0) is 20.2. The number of fused-ring (bicyclic) bond motifs is 1. The van der Waals surface area contributed by atoms with Crippen LogP contribution in [-0.2, 0) is 4.79 Å². The van der Waals surface area contributed by atoms with Gasteiger partial charge in [-0.25, -0.2) is 0 Å². The zero-order valence-electron chi connectivity index (χ0n) is 15.7. The van der Waals surface area contributed by atoms with Gasteiger partial charge < -0.3 is 24.8 Å². The second kappa shape index (κ2) is 8.22. The molecule has 2 aliphatic rings. The normalized spacial score (nSPS) is 18.1. The van der Waals surface area contributed by atoms with E-state index in [1.807, 2.05) is 18.2 Å². The molecule has 1 fully saturated rings. The van der Waals surface area contributed by atoms with Crippen molar-refractivity contribution in [3.05, 3.63) is 53.9 Å². The van der Waals surface area contributed by atoms with E-state index < -0.39 is 5.91 Å². The van der Waals surface area contributed by atoms with Crippen molar-refractivity contribution in [2.45, 2.75) is 18.9 Å². The molecular weight excluding hydrogens is 374 g/mol. The summed E-state index contributed by atoms with van der Waals surface area (Å²) in [6, 6.07) is 8.73. The van der Waals surface area contributed by atoms with E-state index in [4.69, 9.17) is 19.9 Å². The average Bonchev–Trinajstić information content (AvgIpc) is 3.20. The third kappa shape index (κ3) is 4.48. The lowest BCUT2D eigenvalue weighted by Gasteiger charge is -2.32. The highest BCUT2D eigenvalue weighted by molar-refractivity contribution is 5.92. The van der Waals surface area contributed by atoms with Gasteiger partial charge in [0.05, 0.1) is 6.54 Å². The van der Waals surface area contributed by atoms with Crippen LogP contribution >= 0.6 is 0 Å². The van der Waals surface area contributed by atoms with E-state index in [9.17, 15) is 9.59 Å². The molecular formula is C21H21N3O5. The second-order valence-electron chi connectivity index (χ2n) is 6.85. The van der Waals surface area contributed by atoms with Gasteiger partial charge in [0.25, 0.3) is 5.91 Å². The Morgan fingerprint density at radius 3 is 2.93 bits per heavy atom. The standard InChI is InChI=1S/C21H21N3O5/c22-21(26)17-11-15(7-8-23-17)29-16-2-1-9-24(12-16)20(25)6-4-14-3-5-18-19(10-14)28-13-27-18/h3-8,10-11,16H,1-2,9,12-13H2,(H2,22,26)/b6-4+. The summed E-state index contributed by atoms with van der Waals surface area (Å²) in [7, 11) is 0. The van der Waals surface area contributed by atoms with Gasteiger partial charge in [0.2, 0.25) is 12.7 Å². The predicted octanol–water partition coefficient (Wildman–Crippen LogP) is 1.99. The largest absolute Gasteiger partial charge is 0.488 e. The molecule has 2 aliphatic heterocycles. The lowest BCUT2D eigenvalue weighted by Crippen LogP contribution is -2.43. The number of nitrogens with two attached hydrogens (primary N) is 1. The van der Waals surface area contributed by atoms with Crippen LogP contribution in [0.1, 0.15) is 28.9 Å². The number of hydrogen-bond donors (Lipinski definition) is 1. The summed E-state index contributed by atoms with van der Waals surface area (Å²) in [5.74, 6) is 1.22. The van der Waals surface area contributed by atoms with E-state index in [2.05, 4.69) is 4.98 Å². The molecule has 8 nitrogen and oxygen atoms in total. The van der Waals surface area contributed by atoms with Crippen molar-refractivity contribution in [3.8, 4) is 17.2 Å². The molecule has 2 aromatic rings. The van der Waals surface area contributed by atoms with Crippen LogP contribution in [0.15, 0.2) is 42.6 Å². The lowest BCUT2D eigenvalue weighted by molar-refractivity contribution is -0.128. The minimum absolute atomic E-state index is 0.0801. The fraction of sp³-hybridized carbons (Fsp3) is 0.286. The third-order valence-electron chi connectivity index (χ3n) is 4.79. The van der Waals surface area contributed by atoms with Crippen LogP contribution in [0.5, 0.6) is 17.2 Å². The number of carbonyl (C=O) groups excluding carboxylic acids is 2. The third-order valence-corrected chi connectivity index (χ3v) is 4.79. The topological polar surface area (TPSA) is 104 Å². The Balaban J connectivity index is 1.37. The number of pyridine rings is 1. The molecule has 0 aliphatic carbocycles. The number of piperidine rings is 1. The maximum atomic E-state index is 12.6. The molecule has 2 N–H and O–H groups in total. The molecule has 1 aromatic heterocycles. The molecule has 4 rings (SSSR count). The van der Waals surface area contributed by atoms with Crippen molar-refractivity contribution in [1.29, 1.82) is 0 Å². The van der Waals surface area contributed by atoms with Crippen LogP contribution in [-0.4, -0.2) is 47.7 Å². The first-order valence-electron chi connectivity index (χ1n) is 9.37. The van der Waals surface area contributed by atoms with Crippen LogP contribution in [0.3, 0.4) is 0 Å². The first kappa shape index (κ1) is 18.8. The Hall–Kier alpha value is -3.55. The van der Waals surface area contributed by atoms with Crippen LogP contribution in [0, 0.1) is 0 Å². The Kier molecular flexibility index (Phi) is 5.33. The molecule has 1 saturated heterocycles. The molecule has 1 aromatic carbocycles. The summed E-state index contributed by atoms with van der Waals surface area (Å²) < 4.78 is 16.6. The first-order chi connectivity index (χ1) is 14.1. The predicted molar refractivity (Wildman–Crippen MR) is 105 cm³/mol. The van der Waals surface area contributed by atoms with Crippen LogP contribution < -0.4 is 19.9 Å². The van der Waals surface area contributed by atoms with Gasteiger partial charge in [-0.2, -0.15) is 0 Å². The molecule has 2 amide bonds. The van der Waals surface area contributed by atoms with Crippen molar-refractivity contribution in [2.24, 2.45) is 5.73 Å². The minimum atomic E-state index is -0.607. The number of rotatable bonds is 5. The molecule has 150 valence electrons. The number of hydrogen-bond acceptors (Lipinski definition) is 6. The monoisotopic (exact) mass is 395 g/mol. The summed E-state index contributed by atoms with van der Waals surface area (Å²) in [5.41, 5.74) is 6.27. The quantitative estimate of drug-likeness (QED) is 0.777. The number of likely N-dealkylation sites (tertiary alicyclic amines) is 1. The summed E-state index contributed by atoms with van der Waals surface area (Å²) >= 11 is 0. The van der Waals surface area contributed by atoms with Gasteiger partial charge in [-0.15, -0.1) is 0 Å². The Morgan fingerprint density at radius 2 is 2.07 bits per heavy atom. The summed E-state index contributed by atoms with van der Waals surface area (Å²) in [6.07, 6.45) is 6.30. The molecule has 3 heterocycles. The van der Waals surface area contributed by atoms with E-state index in [0.717, 1.165) is 18.4 Å². The number of amides is 2. The van der Waals surface area contributed by atoms with Crippen LogP contribution in [0.2, 0.25) is 0 Å². The number of primary amides is 1. The maximum Gasteiger partial charge on any atom is 0.267 e. The second-order valence-corrected chi connectivity index (χ2v) is 6.85. The van der Waals surface area contributed by atoms with Crippen LogP contribution in [0.4, 0.5) is 0 Å². The number of aromatic nitrogens is 1. The Bertz CT molecular complexity index is 959. The van der Waals surface area contributed by atoms with E-state index in [0.29, 0.717) is 30.3 Å². The first-order valence-corrected chi connectivity index (χ1v) is 9.37. The van der Waals surface area contributed by atoms with Gasteiger partial charge >= 0.3 is 0 Å². The van der Waals surface area contributed by atoms with Gasteiger partial charge in [-0.3, -0.25) is 14.6 Å². The lowest BCUT2D eigenvalue weighted by atomic mass is 10.1. The van der Waals surface area contributed by atoms with Gasteiger partial charge in [0.1, 0.15) is 17.5 Å². The SMILES string of the molecule is NC(=O)c1cc(OC2CCCN(C(=O)/C=C/c3ccc4c(c3)OCO4)C2)ccn1. The highest BCUT2D eigenvalue weighted by atomic mass is 16.7. The van der Waals surface area contributed by atoms with Gasteiger partial charge in [-0.05, 0) is 42.7 Å². The van der Waals surface area contributed by atoms with E-state index in [-0.39, 0.29) is 24.5 Å². The number of nitrogens with zero attached hydrogens (tertiary/aromatic N) is 2. The fourth-order valence-corrected chi connectivity index (χ4v) is 3.34. The zero-order valence-corrected chi connectivity index (χ0v) is 15.7. The molecule has 0 bridgehead atoms. The van der Waals surface area contributed by atoms with Gasteiger partial charge in [-0.1, -0.05) is 6.07 Å². The molecule has 8 heteroatoms. The molecule has 1 unspecified atom stereocenters.